The Hall–Kier alpha value is -1.85. The topological polar surface area (TPSA) is 60.6 Å². The summed E-state index contributed by atoms with van der Waals surface area (Å²) in [6.45, 7) is 2.68. The second kappa shape index (κ2) is 3.72. The van der Waals surface area contributed by atoms with Crippen molar-refractivity contribution in [2.45, 2.75) is 13.5 Å². The fourth-order valence-corrected chi connectivity index (χ4v) is 1.68. The van der Waals surface area contributed by atoms with E-state index < -0.39 is 0 Å². The van der Waals surface area contributed by atoms with Crippen molar-refractivity contribution < 1.29 is 0 Å². The van der Waals surface area contributed by atoms with Crippen LogP contribution >= 0.6 is 0 Å². The van der Waals surface area contributed by atoms with Gasteiger partial charge in [0.25, 0.3) is 0 Å². The van der Waals surface area contributed by atoms with E-state index in [0.29, 0.717) is 6.54 Å². The fraction of sp³-hybridized carbons (Fsp3) is 0.444. The predicted molar refractivity (Wildman–Crippen MR) is 56.6 cm³/mol. The Labute approximate surface area is 87.9 Å². The molecule has 2 heterocycles. The molecule has 0 aliphatic heterocycles. The van der Waals surface area contributed by atoms with E-state index in [1.54, 1.807) is 11.0 Å². The summed E-state index contributed by atoms with van der Waals surface area (Å²) in [5, 5.41) is 11.6. The molecule has 6 heteroatoms. The minimum Gasteiger partial charge on any atom is -0.373 e. The highest BCUT2D eigenvalue weighted by Crippen LogP contribution is 2.18. The minimum atomic E-state index is 0.690. The van der Waals surface area contributed by atoms with Crippen molar-refractivity contribution in [3.63, 3.8) is 0 Å². The van der Waals surface area contributed by atoms with Crippen molar-refractivity contribution >= 4 is 5.82 Å². The predicted octanol–water partition coefficient (Wildman–Crippen LogP) is 0.410. The van der Waals surface area contributed by atoms with E-state index in [2.05, 4.69) is 20.5 Å². The summed E-state index contributed by atoms with van der Waals surface area (Å²) in [6, 6.07) is 0. The van der Waals surface area contributed by atoms with Gasteiger partial charge >= 0.3 is 0 Å². The first-order valence-electron chi connectivity index (χ1n) is 4.75. The van der Waals surface area contributed by atoms with Crippen LogP contribution < -0.4 is 5.32 Å². The molecule has 0 saturated carbocycles. The summed E-state index contributed by atoms with van der Waals surface area (Å²) >= 11 is 0. The van der Waals surface area contributed by atoms with Gasteiger partial charge in [-0.15, -0.1) is 0 Å². The average molecular weight is 206 g/mol. The number of nitrogens with one attached hydrogen (secondary N) is 1. The molecule has 0 atom stereocenters. The van der Waals surface area contributed by atoms with E-state index in [1.807, 2.05) is 25.7 Å². The van der Waals surface area contributed by atoms with Crippen LogP contribution in [-0.4, -0.2) is 31.6 Å². The molecule has 0 unspecified atom stereocenters. The summed E-state index contributed by atoms with van der Waals surface area (Å²) in [7, 11) is 3.81. The molecule has 2 aromatic heterocycles. The Kier molecular flexibility index (Phi) is 2.40. The van der Waals surface area contributed by atoms with Crippen molar-refractivity contribution in [1.29, 1.82) is 0 Å². The monoisotopic (exact) mass is 206 g/mol. The molecule has 0 aromatic carbocycles. The van der Waals surface area contributed by atoms with Crippen molar-refractivity contribution in [2.24, 2.45) is 7.05 Å². The zero-order chi connectivity index (χ0) is 10.8. The molecule has 15 heavy (non-hydrogen) atoms. The zero-order valence-corrected chi connectivity index (χ0v) is 9.10. The van der Waals surface area contributed by atoms with Gasteiger partial charge in [-0.2, -0.15) is 10.2 Å². The number of rotatable bonds is 3. The van der Waals surface area contributed by atoms with Gasteiger partial charge in [-0.05, 0) is 6.92 Å². The smallest absolute Gasteiger partial charge is 0.137 e. The van der Waals surface area contributed by atoms with Gasteiger partial charge in [-0.1, -0.05) is 0 Å². The summed E-state index contributed by atoms with van der Waals surface area (Å²) < 4.78 is 3.62. The van der Waals surface area contributed by atoms with Crippen LogP contribution in [-0.2, 0) is 13.6 Å². The third-order valence-electron chi connectivity index (χ3n) is 2.37. The van der Waals surface area contributed by atoms with Gasteiger partial charge in [-0.3, -0.25) is 4.68 Å². The number of aromatic nitrogens is 5. The molecule has 80 valence electrons. The van der Waals surface area contributed by atoms with Crippen LogP contribution in [0.5, 0.6) is 0 Å². The SMILES string of the molecule is CNc1c(Cn2cncn2)c(C)nn1C. The first-order chi connectivity index (χ1) is 7.22. The van der Waals surface area contributed by atoms with Gasteiger partial charge in [0.1, 0.15) is 18.5 Å². The molecule has 1 N–H and O–H groups in total. The van der Waals surface area contributed by atoms with Gasteiger partial charge in [0.15, 0.2) is 0 Å². The Morgan fingerprint density at radius 2 is 2.27 bits per heavy atom. The van der Waals surface area contributed by atoms with E-state index >= 15 is 0 Å². The molecule has 0 aliphatic carbocycles. The maximum absolute atomic E-state index is 4.36. The van der Waals surface area contributed by atoms with Gasteiger partial charge in [-0.25, -0.2) is 9.67 Å². The fourth-order valence-electron chi connectivity index (χ4n) is 1.68. The lowest BCUT2D eigenvalue weighted by atomic mass is 10.2. The van der Waals surface area contributed by atoms with Crippen molar-refractivity contribution in [3.05, 3.63) is 23.9 Å². The average Bonchev–Trinajstić information content (AvgIpc) is 2.77. The molecule has 0 fully saturated rings. The van der Waals surface area contributed by atoms with Crippen LogP contribution in [0.25, 0.3) is 0 Å². The lowest BCUT2D eigenvalue weighted by molar-refractivity contribution is 0.683. The first kappa shape index (κ1) is 9.70. The molecule has 0 amide bonds. The van der Waals surface area contributed by atoms with E-state index in [9.17, 15) is 0 Å². The van der Waals surface area contributed by atoms with Gasteiger partial charge in [0, 0.05) is 19.7 Å². The molecule has 0 saturated heterocycles. The minimum absolute atomic E-state index is 0.690. The summed E-state index contributed by atoms with van der Waals surface area (Å²) in [4.78, 5) is 3.91. The zero-order valence-electron chi connectivity index (χ0n) is 9.10. The largest absolute Gasteiger partial charge is 0.373 e. The maximum atomic E-state index is 4.36. The molecule has 2 rings (SSSR count). The quantitative estimate of drug-likeness (QED) is 0.790. The molecule has 0 bridgehead atoms. The molecule has 0 spiro atoms. The van der Waals surface area contributed by atoms with Gasteiger partial charge in [0.05, 0.1) is 12.2 Å². The number of anilines is 1. The summed E-state index contributed by atoms with van der Waals surface area (Å²) in [5.74, 6) is 1.02. The third kappa shape index (κ3) is 1.70. The first-order valence-corrected chi connectivity index (χ1v) is 4.75. The van der Waals surface area contributed by atoms with Crippen LogP contribution in [0.1, 0.15) is 11.3 Å². The Bertz CT molecular complexity index is 441. The third-order valence-corrected chi connectivity index (χ3v) is 2.37. The second-order valence-electron chi connectivity index (χ2n) is 3.38. The Morgan fingerprint density at radius 3 is 2.87 bits per heavy atom. The molecular formula is C9H14N6. The number of hydrogen-bond donors (Lipinski definition) is 1. The summed E-state index contributed by atoms with van der Waals surface area (Å²) in [6.07, 6.45) is 3.23. The standard InChI is InChI=1S/C9H14N6/c1-7-8(4-15-6-11-5-12-15)9(10-2)14(3)13-7/h5-6,10H,4H2,1-3H3. The lowest BCUT2D eigenvalue weighted by Crippen LogP contribution is -2.05. The Balaban J connectivity index is 2.35. The van der Waals surface area contributed by atoms with Crippen LogP contribution in [0, 0.1) is 6.92 Å². The van der Waals surface area contributed by atoms with Crippen molar-refractivity contribution in [2.75, 3.05) is 12.4 Å². The van der Waals surface area contributed by atoms with Gasteiger partial charge < -0.3 is 5.32 Å². The van der Waals surface area contributed by atoms with Crippen molar-refractivity contribution in [3.8, 4) is 0 Å². The molecule has 0 radical (unpaired) electrons. The number of nitrogens with zero attached hydrogens (tertiary/aromatic N) is 5. The number of aryl methyl sites for hydroxylation is 2. The maximum Gasteiger partial charge on any atom is 0.137 e. The van der Waals surface area contributed by atoms with E-state index in [4.69, 9.17) is 0 Å². The second-order valence-corrected chi connectivity index (χ2v) is 3.38. The molecule has 0 aliphatic rings. The van der Waals surface area contributed by atoms with Crippen LogP contribution in [0.2, 0.25) is 0 Å². The van der Waals surface area contributed by atoms with Crippen LogP contribution in [0.3, 0.4) is 0 Å². The molecule has 2 aromatic rings. The normalized spacial score (nSPS) is 10.6. The van der Waals surface area contributed by atoms with Gasteiger partial charge in [0.2, 0.25) is 0 Å². The van der Waals surface area contributed by atoms with E-state index in [-0.39, 0.29) is 0 Å². The highest BCUT2D eigenvalue weighted by molar-refractivity contribution is 5.46. The lowest BCUT2D eigenvalue weighted by Gasteiger charge is -2.05. The van der Waals surface area contributed by atoms with Crippen LogP contribution in [0.15, 0.2) is 12.7 Å². The van der Waals surface area contributed by atoms with Crippen molar-refractivity contribution in [1.82, 2.24) is 24.5 Å². The highest BCUT2D eigenvalue weighted by Gasteiger charge is 2.12. The molecular weight excluding hydrogens is 192 g/mol. The molecule has 6 nitrogen and oxygen atoms in total. The van der Waals surface area contributed by atoms with Crippen LogP contribution in [0.4, 0.5) is 5.82 Å². The van der Waals surface area contributed by atoms with E-state index in [0.717, 1.165) is 17.1 Å². The highest BCUT2D eigenvalue weighted by atomic mass is 15.3. The van der Waals surface area contributed by atoms with E-state index in [1.165, 1.54) is 6.33 Å². The Morgan fingerprint density at radius 1 is 1.47 bits per heavy atom. The summed E-state index contributed by atoms with van der Waals surface area (Å²) in [5.41, 5.74) is 2.16. The number of hydrogen-bond acceptors (Lipinski definition) is 4.